The number of aryl methyl sites for hydroxylation is 2. The number of fused-ring (bicyclic) bond motifs is 4. The van der Waals surface area contributed by atoms with Gasteiger partial charge in [0.2, 0.25) is 11.8 Å². The van der Waals surface area contributed by atoms with E-state index in [1.54, 1.807) is 35.5 Å². The highest BCUT2D eigenvalue weighted by Gasteiger charge is 2.44. The lowest BCUT2D eigenvalue weighted by Gasteiger charge is -2.49. The van der Waals surface area contributed by atoms with E-state index in [0.29, 0.717) is 17.4 Å². The van der Waals surface area contributed by atoms with Crippen LogP contribution in [0.1, 0.15) is 73.6 Å². The van der Waals surface area contributed by atoms with Crippen molar-refractivity contribution in [1.82, 2.24) is 24.8 Å². The Morgan fingerprint density at radius 3 is 2.47 bits per heavy atom. The fourth-order valence-corrected chi connectivity index (χ4v) is 8.70. The number of rotatable bonds is 5. The molecule has 1 amide bonds. The Bertz CT molecular complexity index is 1990. The van der Waals surface area contributed by atoms with Gasteiger partial charge in [-0.3, -0.25) is 9.78 Å². The van der Waals surface area contributed by atoms with Crippen molar-refractivity contribution in [3.05, 3.63) is 83.3 Å². The first-order valence-electron chi connectivity index (χ1n) is 17.0. The van der Waals surface area contributed by atoms with Gasteiger partial charge in [-0.15, -0.1) is 0 Å². The number of anilines is 2. The molecule has 2 atom stereocenters. The molecular weight excluding hydrogens is 639 g/mol. The maximum absolute atomic E-state index is 14.6. The van der Waals surface area contributed by atoms with Crippen molar-refractivity contribution < 1.29 is 17.9 Å². The highest BCUT2D eigenvalue weighted by atomic mass is 32.2. The van der Waals surface area contributed by atoms with Crippen LogP contribution >= 0.6 is 0 Å². The fourth-order valence-electron chi connectivity index (χ4n) is 7.71. The lowest BCUT2D eigenvalue weighted by atomic mass is 9.62. The second-order valence-electron chi connectivity index (χ2n) is 14.5. The second kappa shape index (κ2) is 12.7. The molecular formula is C37H43N7O4S. The van der Waals surface area contributed by atoms with Gasteiger partial charge >= 0.3 is 0 Å². The normalized spacial score (nSPS) is 21.9. The van der Waals surface area contributed by atoms with E-state index in [2.05, 4.69) is 45.3 Å². The summed E-state index contributed by atoms with van der Waals surface area (Å²) in [5, 5.41) is 0. The molecule has 4 aromatic rings. The maximum atomic E-state index is 14.6. The summed E-state index contributed by atoms with van der Waals surface area (Å²) in [7, 11) is -4.17. The Hall–Kier alpha value is -4.58. The first kappa shape index (κ1) is 32.9. The monoisotopic (exact) mass is 681 g/mol. The van der Waals surface area contributed by atoms with Crippen molar-refractivity contribution in [3.63, 3.8) is 0 Å². The van der Waals surface area contributed by atoms with E-state index in [1.807, 2.05) is 32.0 Å². The number of carbonyl (C=O) groups is 1. The Morgan fingerprint density at radius 2 is 1.76 bits per heavy atom. The number of ether oxygens (including phenoxy) is 1. The molecule has 1 N–H and O–H groups in total. The number of aromatic nitrogens is 4. The van der Waals surface area contributed by atoms with Crippen LogP contribution in [0.5, 0.6) is 5.88 Å². The maximum Gasteiger partial charge on any atom is 0.264 e. The first-order valence-corrected chi connectivity index (χ1v) is 18.5. The number of benzene rings is 2. The summed E-state index contributed by atoms with van der Waals surface area (Å²) in [4.78, 5) is 37.3. The van der Waals surface area contributed by atoms with Crippen LogP contribution in [0.25, 0.3) is 11.3 Å². The summed E-state index contributed by atoms with van der Waals surface area (Å²) < 4.78 is 36.5. The zero-order valence-corrected chi connectivity index (χ0v) is 29.5. The summed E-state index contributed by atoms with van der Waals surface area (Å²) in [6.07, 6.45) is 7.49. The predicted molar refractivity (Wildman–Crippen MR) is 188 cm³/mol. The van der Waals surface area contributed by atoms with E-state index >= 15 is 0 Å². The Kier molecular flexibility index (Phi) is 8.54. The third-order valence-corrected chi connectivity index (χ3v) is 11.5. The smallest absolute Gasteiger partial charge is 0.264 e. The second-order valence-corrected chi connectivity index (χ2v) is 16.2. The minimum absolute atomic E-state index is 0.0628. The molecule has 3 aliphatic rings. The van der Waals surface area contributed by atoms with Gasteiger partial charge in [-0.1, -0.05) is 38.1 Å². The lowest BCUT2D eigenvalue weighted by Crippen LogP contribution is -2.53. The highest BCUT2D eigenvalue weighted by Crippen LogP contribution is 2.48. The number of sulfonamides is 1. The fraction of sp³-hybridized carbons (Fsp3) is 0.432. The molecule has 2 aliphatic heterocycles. The molecule has 1 saturated heterocycles. The van der Waals surface area contributed by atoms with E-state index in [1.165, 1.54) is 12.1 Å². The number of nitrogens with one attached hydrogen (secondary N) is 1. The lowest BCUT2D eigenvalue weighted by molar-refractivity contribution is -0.00721. The number of amides is 1. The van der Waals surface area contributed by atoms with Crippen LogP contribution in [0, 0.1) is 25.2 Å². The molecule has 2 aromatic heterocycles. The predicted octanol–water partition coefficient (Wildman–Crippen LogP) is 6.18. The van der Waals surface area contributed by atoms with Crippen LogP contribution in [0.3, 0.4) is 0 Å². The van der Waals surface area contributed by atoms with Gasteiger partial charge in [-0.05, 0) is 87.1 Å². The number of hydrogen-bond donors (Lipinski definition) is 1. The van der Waals surface area contributed by atoms with Crippen molar-refractivity contribution in [3.8, 4) is 17.1 Å². The van der Waals surface area contributed by atoms with Crippen molar-refractivity contribution in [2.45, 2.75) is 83.8 Å². The van der Waals surface area contributed by atoms with Gasteiger partial charge in [0, 0.05) is 29.8 Å². The molecule has 4 bridgehead atoms. The standard InChI is InChI=1S/C37H43N7O4S/c1-23-9-6-10-24(2)34(23)30-16-33-41-36(40-30)42-49(46,47)29-13-7-12-26(15-29)35(45)44(31(22-48-33)27-17-37(4,5)18-27)21-28-19-38-20-32(39-28)43-14-8-11-25(43)3/h6-7,9-10,12-13,15-16,19-20,25,27,31H,8,11,14,17-18,21-22H2,1-5H3,(H,40,41,42)/t25-,31?/m1/s1. The molecule has 12 heteroatoms. The van der Waals surface area contributed by atoms with E-state index in [9.17, 15) is 13.2 Å². The van der Waals surface area contributed by atoms with Gasteiger partial charge in [0.1, 0.15) is 12.4 Å². The minimum Gasteiger partial charge on any atom is -0.475 e. The highest BCUT2D eigenvalue weighted by molar-refractivity contribution is 7.92. The molecule has 2 fully saturated rings. The Morgan fingerprint density at radius 1 is 1.00 bits per heavy atom. The SMILES string of the molecule is Cc1cccc(C)c1-c1cc2nc(n1)NS(=O)(=O)c1cccc(c1)C(=O)N(Cc1cncc(N3CCC[C@H]3C)n1)C(C1CC(C)(C)C1)CO2. The van der Waals surface area contributed by atoms with Gasteiger partial charge in [-0.25, -0.2) is 23.1 Å². The molecule has 256 valence electrons. The summed E-state index contributed by atoms with van der Waals surface area (Å²) in [5.41, 5.74) is 4.43. The number of carbonyl (C=O) groups excluding carboxylic acids is 1. The van der Waals surface area contributed by atoms with Crippen LogP contribution in [0.2, 0.25) is 0 Å². The van der Waals surface area contributed by atoms with Crippen molar-refractivity contribution >= 4 is 27.7 Å². The molecule has 1 aliphatic carbocycles. The Balaban J connectivity index is 1.34. The Labute approximate surface area is 288 Å². The van der Waals surface area contributed by atoms with Gasteiger partial charge in [0.25, 0.3) is 15.9 Å². The molecule has 0 radical (unpaired) electrons. The van der Waals surface area contributed by atoms with Gasteiger partial charge < -0.3 is 14.5 Å². The third-order valence-electron chi connectivity index (χ3n) is 10.1. The van der Waals surface area contributed by atoms with Gasteiger partial charge in [0.15, 0.2) is 0 Å². The first-order chi connectivity index (χ1) is 23.4. The van der Waals surface area contributed by atoms with E-state index in [0.717, 1.165) is 54.7 Å². The van der Waals surface area contributed by atoms with Crippen molar-refractivity contribution in [2.75, 3.05) is 22.8 Å². The number of nitrogens with zero attached hydrogens (tertiary/aromatic N) is 6. The summed E-state index contributed by atoms with van der Waals surface area (Å²) in [6, 6.07) is 13.8. The molecule has 1 saturated carbocycles. The molecule has 49 heavy (non-hydrogen) atoms. The molecule has 0 spiro atoms. The van der Waals surface area contributed by atoms with Crippen LogP contribution in [-0.4, -0.2) is 64.4 Å². The van der Waals surface area contributed by atoms with Gasteiger partial charge in [-0.2, -0.15) is 4.98 Å². The quantitative estimate of drug-likeness (QED) is 0.262. The zero-order chi connectivity index (χ0) is 34.5. The van der Waals surface area contributed by atoms with E-state index < -0.39 is 10.0 Å². The summed E-state index contributed by atoms with van der Waals surface area (Å²) in [6.45, 7) is 11.9. The average molecular weight is 682 g/mol. The molecule has 1 unspecified atom stereocenters. The minimum atomic E-state index is -4.17. The van der Waals surface area contributed by atoms with Gasteiger partial charge in [0.05, 0.1) is 41.3 Å². The summed E-state index contributed by atoms with van der Waals surface area (Å²) >= 11 is 0. The third kappa shape index (κ3) is 6.70. The van der Waals surface area contributed by atoms with Crippen LogP contribution in [-0.2, 0) is 16.6 Å². The van der Waals surface area contributed by atoms with Crippen LogP contribution < -0.4 is 14.4 Å². The van der Waals surface area contributed by atoms with E-state index in [4.69, 9.17) is 9.72 Å². The molecule has 4 heterocycles. The zero-order valence-electron chi connectivity index (χ0n) is 28.7. The summed E-state index contributed by atoms with van der Waals surface area (Å²) in [5.74, 6) is 0.753. The van der Waals surface area contributed by atoms with E-state index in [-0.39, 0.29) is 58.7 Å². The van der Waals surface area contributed by atoms with Crippen LogP contribution in [0.4, 0.5) is 11.8 Å². The number of hydrogen-bond acceptors (Lipinski definition) is 9. The molecule has 7 rings (SSSR count). The molecule has 11 nitrogen and oxygen atoms in total. The molecule has 2 aromatic carbocycles. The van der Waals surface area contributed by atoms with Crippen LogP contribution in [0.15, 0.2) is 65.8 Å². The van der Waals surface area contributed by atoms with Crippen molar-refractivity contribution in [1.29, 1.82) is 0 Å². The van der Waals surface area contributed by atoms with Crippen molar-refractivity contribution in [2.24, 2.45) is 11.3 Å². The largest absolute Gasteiger partial charge is 0.475 e. The topological polar surface area (TPSA) is 131 Å². The average Bonchev–Trinajstić information content (AvgIpc) is 3.48.